The Kier molecular flexibility index (Phi) is 2.65. The SMILES string of the molecule is CCN(O)C(=O)[C@H]1COC(=O)C1. The first kappa shape index (κ1) is 8.99. The van der Waals surface area contributed by atoms with Gasteiger partial charge in [0.1, 0.15) is 6.61 Å². The fraction of sp³-hybridized carbons (Fsp3) is 0.714. The van der Waals surface area contributed by atoms with Gasteiger partial charge in [0.15, 0.2) is 0 Å². The van der Waals surface area contributed by atoms with E-state index in [1.54, 1.807) is 6.92 Å². The van der Waals surface area contributed by atoms with Crippen molar-refractivity contribution in [1.82, 2.24) is 5.06 Å². The number of ether oxygens (including phenoxy) is 1. The second-order valence-electron chi connectivity index (χ2n) is 2.64. The van der Waals surface area contributed by atoms with Crippen molar-refractivity contribution in [3.63, 3.8) is 0 Å². The summed E-state index contributed by atoms with van der Waals surface area (Å²) in [6, 6.07) is 0. The molecule has 1 aliphatic rings. The van der Waals surface area contributed by atoms with Crippen molar-refractivity contribution in [2.45, 2.75) is 13.3 Å². The molecule has 0 aromatic rings. The third kappa shape index (κ3) is 1.73. The summed E-state index contributed by atoms with van der Waals surface area (Å²) in [5, 5.41) is 9.59. The molecular weight excluding hydrogens is 162 g/mol. The van der Waals surface area contributed by atoms with Crippen molar-refractivity contribution in [3.05, 3.63) is 0 Å². The molecule has 1 amide bonds. The number of hydrogen-bond acceptors (Lipinski definition) is 4. The number of esters is 1. The normalized spacial score (nSPS) is 22.2. The van der Waals surface area contributed by atoms with Gasteiger partial charge >= 0.3 is 5.97 Å². The van der Waals surface area contributed by atoms with Gasteiger partial charge in [-0.3, -0.25) is 14.8 Å². The highest BCUT2D eigenvalue weighted by atomic mass is 16.5. The first-order valence-corrected chi connectivity index (χ1v) is 3.81. The van der Waals surface area contributed by atoms with E-state index in [0.717, 1.165) is 0 Å². The molecule has 12 heavy (non-hydrogen) atoms. The highest BCUT2D eigenvalue weighted by Crippen LogP contribution is 2.15. The van der Waals surface area contributed by atoms with Crippen molar-refractivity contribution in [2.75, 3.05) is 13.2 Å². The summed E-state index contributed by atoms with van der Waals surface area (Å²) >= 11 is 0. The molecular formula is C7H11NO4. The number of hydrogen-bond donors (Lipinski definition) is 1. The standard InChI is InChI=1S/C7H11NO4/c1-2-8(11)7(10)5-3-6(9)12-4-5/h5,11H,2-4H2,1H3/t5-/m1/s1. The van der Waals surface area contributed by atoms with Gasteiger partial charge in [-0.25, -0.2) is 5.06 Å². The van der Waals surface area contributed by atoms with Crippen molar-refractivity contribution < 1.29 is 19.5 Å². The number of cyclic esters (lactones) is 1. The summed E-state index contributed by atoms with van der Waals surface area (Å²) in [5.41, 5.74) is 0. The first-order chi connectivity index (χ1) is 5.65. The Morgan fingerprint density at radius 1 is 1.83 bits per heavy atom. The average molecular weight is 173 g/mol. The van der Waals surface area contributed by atoms with Crippen LogP contribution >= 0.6 is 0 Å². The molecule has 5 heteroatoms. The molecule has 0 saturated carbocycles. The Labute approximate surface area is 69.9 Å². The lowest BCUT2D eigenvalue weighted by molar-refractivity contribution is -0.169. The fourth-order valence-electron chi connectivity index (χ4n) is 1.04. The topological polar surface area (TPSA) is 66.8 Å². The van der Waals surface area contributed by atoms with Crippen LogP contribution in [0.2, 0.25) is 0 Å². The molecule has 68 valence electrons. The Morgan fingerprint density at radius 3 is 2.92 bits per heavy atom. The smallest absolute Gasteiger partial charge is 0.306 e. The Balaban J connectivity index is 2.48. The molecule has 1 atom stereocenters. The van der Waals surface area contributed by atoms with Crippen LogP contribution in [-0.2, 0) is 14.3 Å². The zero-order valence-electron chi connectivity index (χ0n) is 6.82. The van der Waals surface area contributed by atoms with E-state index in [1.165, 1.54) is 0 Å². The van der Waals surface area contributed by atoms with E-state index in [9.17, 15) is 9.59 Å². The quantitative estimate of drug-likeness (QED) is 0.356. The van der Waals surface area contributed by atoms with E-state index in [2.05, 4.69) is 4.74 Å². The molecule has 1 heterocycles. The van der Waals surface area contributed by atoms with Gasteiger partial charge in [0.05, 0.1) is 12.3 Å². The molecule has 0 unspecified atom stereocenters. The monoisotopic (exact) mass is 173 g/mol. The molecule has 1 aliphatic heterocycles. The van der Waals surface area contributed by atoms with E-state index in [1.807, 2.05) is 0 Å². The van der Waals surface area contributed by atoms with Gasteiger partial charge in [0.2, 0.25) is 0 Å². The number of amides is 1. The highest BCUT2D eigenvalue weighted by Gasteiger charge is 2.32. The molecule has 0 aliphatic carbocycles. The third-order valence-electron chi connectivity index (χ3n) is 1.76. The summed E-state index contributed by atoms with van der Waals surface area (Å²) < 4.78 is 4.58. The van der Waals surface area contributed by atoms with E-state index in [4.69, 9.17) is 5.21 Å². The summed E-state index contributed by atoms with van der Waals surface area (Å²) in [5.74, 6) is -1.32. The number of nitrogens with zero attached hydrogens (tertiary/aromatic N) is 1. The molecule has 0 spiro atoms. The van der Waals surface area contributed by atoms with E-state index < -0.39 is 11.8 Å². The van der Waals surface area contributed by atoms with Gasteiger partial charge in [-0.2, -0.15) is 0 Å². The van der Waals surface area contributed by atoms with Crippen molar-refractivity contribution in [3.8, 4) is 0 Å². The zero-order chi connectivity index (χ0) is 9.14. The third-order valence-corrected chi connectivity index (χ3v) is 1.76. The maximum Gasteiger partial charge on any atom is 0.306 e. The molecule has 1 rings (SSSR count). The molecule has 5 nitrogen and oxygen atoms in total. The van der Waals surface area contributed by atoms with Crippen molar-refractivity contribution in [1.29, 1.82) is 0 Å². The van der Waals surface area contributed by atoms with Gasteiger partial charge in [0.25, 0.3) is 5.91 Å². The van der Waals surface area contributed by atoms with Crippen LogP contribution in [-0.4, -0.2) is 35.3 Å². The summed E-state index contributed by atoms with van der Waals surface area (Å²) in [6.07, 6.45) is 0.0793. The minimum atomic E-state index is -0.498. The average Bonchev–Trinajstić information content (AvgIpc) is 2.49. The van der Waals surface area contributed by atoms with Crippen molar-refractivity contribution in [2.24, 2.45) is 5.92 Å². The van der Waals surface area contributed by atoms with Crippen LogP contribution in [0.4, 0.5) is 0 Å². The van der Waals surface area contributed by atoms with Gasteiger partial charge in [0, 0.05) is 6.54 Å². The molecule has 0 bridgehead atoms. The predicted molar refractivity (Wildman–Crippen MR) is 38.2 cm³/mol. The highest BCUT2D eigenvalue weighted by molar-refractivity contribution is 5.85. The van der Waals surface area contributed by atoms with Crippen molar-refractivity contribution >= 4 is 11.9 Å². The maximum absolute atomic E-state index is 11.2. The second-order valence-corrected chi connectivity index (χ2v) is 2.64. The zero-order valence-corrected chi connectivity index (χ0v) is 6.82. The lowest BCUT2D eigenvalue weighted by atomic mass is 10.1. The number of rotatable bonds is 2. The molecule has 1 fully saturated rings. The van der Waals surface area contributed by atoms with Crippen LogP contribution < -0.4 is 0 Å². The molecule has 1 saturated heterocycles. The predicted octanol–water partition coefficient (Wildman–Crippen LogP) is -0.213. The maximum atomic E-state index is 11.2. The van der Waals surface area contributed by atoms with Crippen LogP contribution in [0.1, 0.15) is 13.3 Å². The molecule has 0 aromatic carbocycles. The summed E-state index contributed by atoms with van der Waals surface area (Å²) in [6.45, 7) is 1.97. The van der Waals surface area contributed by atoms with E-state index >= 15 is 0 Å². The molecule has 1 N–H and O–H groups in total. The lowest BCUT2D eigenvalue weighted by Crippen LogP contribution is -2.33. The Hall–Kier alpha value is -1.10. The second kappa shape index (κ2) is 3.53. The fourth-order valence-corrected chi connectivity index (χ4v) is 1.04. The minimum Gasteiger partial charge on any atom is -0.465 e. The van der Waals surface area contributed by atoms with Gasteiger partial charge in [-0.05, 0) is 6.92 Å². The van der Waals surface area contributed by atoms with Crippen LogP contribution in [0.5, 0.6) is 0 Å². The first-order valence-electron chi connectivity index (χ1n) is 3.81. The number of hydroxylamine groups is 2. The van der Waals surface area contributed by atoms with Crippen LogP contribution in [0.25, 0.3) is 0 Å². The number of carbonyl (C=O) groups excluding carboxylic acids is 2. The Bertz CT molecular complexity index is 204. The van der Waals surface area contributed by atoms with Crippen LogP contribution in [0.15, 0.2) is 0 Å². The minimum absolute atomic E-state index is 0.0793. The van der Waals surface area contributed by atoms with Gasteiger partial charge in [-0.15, -0.1) is 0 Å². The number of carbonyl (C=O) groups is 2. The molecule has 0 radical (unpaired) electrons. The van der Waals surface area contributed by atoms with Crippen LogP contribution in [0, 0.1) is 5.92 Å². The largest absolute Gasteiger partial charge is 0.465 e. The van der Waals surface area contributed by atoms with E-state index in [-0.39, 0.29) is 25.5 Å². The van der Waals surface area contributed by atoms with E-state index in [0.29, 0.717) is 5.06 Å². The molecule has 0 aromatic heterocycles. The lowest BCUT2D eigenvalue weighted by Gasteiger charge is -2.14. The van der Waals surface area contributed by atoms with Crippen LogP contribution in [0.3, 0.4) is 0 Å². The Morgan fingerprint density at radius 2 is 2.50 bits per heavy atom. The van der Waals surface area contributed by atoms with Gasteiger partial charge < -0.3 is 4.74 Å². The summed E-state index contributed by atoms with van der Waals surface area (Å²) in [7, 11) is 0. The summed E-state index contributed by atoms with van der Waals surface area (Å²) in [4.78, 5) is 21.8. The van der Waals surface area contributed by atoms with Gasteiger partial charge in [-0.1, -0.05) is 0 Å².